The minimum atomic E-state index is 1.11. The van der Waals surface area contributed by atoms with Crippen LogP contribution in [0.15, 0.2) is 212 Å². The molecule has 1 aromatic heterocycles. The van der Waals surface area contributed by atoms with Gasteiger partial charge in [0.1, 0.15) is 0 Å². The molecule has 0 radical (unpaired) electrons. The molecule has 0 spiro atoms. The van der Waals surface area contributed by atoms with Crippen LogP contribution in [0.4, 0.5) is 17.1 Å². The highest BCUT2D eigenvalue weighted by Gasteiger charge is 2.17. The van der Waals surface area contributed by atoms with Gasteiger partial charge in [0.05, 0.1) is 0 Å². The van der Waals surface area contributed by atoms with Crippen molar-refractivity contribution in [1.82, 2.24) is 0 Å². The van der Waals surface area contributed by atoms with Crippen molar-refractivity contribution in [1.29, 1.82) is 0 Å². The van der Waals surface area contributed by atoms with Gasteiger partial charge in [-0.15, -0.1) is 11.3 Å². The Morgan fingerprint density at radius 3 is 1.62 bits per heavy atom. The van der Waals surface area contributed by atoms with Crippen LogP contribution >= 0.6 is 11.3 Å². The lowest BCUT2D eigenvalue weighted by Gasteiger charge is -2.26. The summed E-state index contributed by atoms with van der Waals surface area (Å²) in [6.07, 6.45) is 0. The van der Waals surface area contributed by atoms with Gasteiger partial charge >= 0.3 is 0 Å². The van der Waals surface area contributed by atoms with Crippen LogP contribution in [0, 0.1) is 0 Å². The van der Waals surface area contributed by atoms with Crippen molar-refractivity contribution in [2.45, 2.75) is 0 Å². The van der Waals surface area contributed by atoms with Crippen molar-refractivity contribution < 1.29 is 0 Å². The van der Waals surface area contributed by atoms with E-state index in [2.05, 4.69) is 217 Å². The van der Waals surface area contributed by atoms with Crippen LogP contribution in [-0.2, 0) is 0 Å². The Bertz CT molecular complexity index is 3240. The standard InChI is InChI=1S/C54H35NS/c1-3-15-45-38(10-1)12-8-18-46(45)40-24-22-36(23-25-40)37-26-29-42(30-27-37)55(44-31-33-52-51-17-5-6-21-53(51)56-54(52)35-44)43-14-7-13-41(34-43)48-19-9-20-49-47-16-4-2-11-39(47)28-32-50(48)49/h1-35H. The number of anilines is 3. The quantitative estimate of drug-likeness (QED) is 0.154. The molecule has 0 N–H and O–H groups in total. The fourth-order valence-electron chi connectivity index (χ4n) is 8.53. The maximum atomic E-state index is 2.40. The first-order valence-electron chi connectivity index (χ1n) is 19.2. The third kappa shape index (κ3) is 5.54. The van der Waals surface area contributed by atoms with Crippen molar-refractivity contribution in [2.75, 3.05) is 4.90 Å². The van der Waals surface area contributed by atoms with Crippen molar-refractivity contribution in [3.8, 4) is 33.4 Å². The first-order chi connectivity index (χ1) is 27.7. The van der Waals surface area contributed by atoms with Crippen LogP contribution in [0.1, 0.15) is 0 Å². The summed E-state index contributed by atoms with van der Waals surface area (Å²) in [6, 6.07) is 77.7. The molecule has 0 aliphatic carbocycles. The van der Waals surface area contributed by atoms with Crippen molar-refractivity contribution in [3.05, 3.63) is 212 Å². The molecule has 0 bridgehead atoms. The molecule has 2 heteroatoms. The van der Waals surface area contributed by atoms with Gasteiger partial charge in [0.15, 0.2) is 0 Å². The van der Waals surface area contributed by atoms with Crippen molar-refractivity contribution in [3.63, 3.8) is 0 Å². The largest absolute Gasteiger partial charge is 0.310 e. The fourth-order valence-corrected chi connectivity index (χ4v) is 9.67. The lowest BCUT2D eigenvalue weighted by molar-refractivity contribution is 1.29. The minimum absolute atomic E-state index is 1.11. The zero-order valence-corrected chi connectivity index (χ0v) is 31.4. The molecule has 0 fully saturated rings. The van der Waals surface area contributed by atoms with Gasteiger partial charge in [0, 0.05) is 37.2 Å². The average molecular weight is 730 g/mol. The zero-order valence-electron chi connectivity index (χ0n) is 30.6. The third-order valence-corrected chi connectivity index (χ3v) is 12.4. The molecule has 262 valence electrons. The van der Waals surface area contributed by atoms with Crippen molar-refractivity contribution >= 4 is 80.9 Å². The second kappa shape index (κ2) is 13.4. The van der Waals surface area contributed by atoms with E-state index in [1.807, 2.05) is 11.3 Å². The summed E-state index contributed by atoms with van der Waals surface area (Å²) in [5.74, 6) is 0. The average Bonchev–Trinajstić information content (AvgIpc) is 3.64. The summed E-state index contributed by atoms with van der Waals surface area (Å²) in [4.78, 5) is 2.40. The SMILES string of the molecule is c1cc(-c2cccc3c2ccc2ccccc23)cc(N(c2ccc(-c3ccc(-c4cccc5ccccc45)cc3)cc2)c2ccc3c(c2)sc2ccccc23)c1. The molecule has 10 aromatic carbocycles. The molecule has 0 amide bonds. The van der Waals surface area contributed by atoms with Crippen LogP contribution in [0.3, 0.4) is 0 Å². The number of rotatable bonds is 6. The monoisotopic (exact) mass is 729 g/mol. The van der Waals surface area contributed by atoms with E-state index in [1.165, 1.54) is 85.9 Å². The normalized spacial score (nSPS) is 11.6. The Balaban J connectivity index is 1.01. The smallest absolute Gasteiger partial charge is 0.0476 e. The van der Waals surface area contributed by atoms with Gasteiger partial charge < -0.3 is 4.90 Å². The van der Waals surface area contributed by atoms with E-state index in [0.29, 0.717) is 0 Å². The molecule has 0 unspecified atom stereocenters. The highest BCUT2D eigenvalue weighted by Crippen LogP contribution is 2.43. The van der Waals surface area contributed by atoms with Gasteiger partial charge in [-0.2, -0.15) is 0 Å². The predicted molar refractivity (Wildman–Crippen MR) is 243 cm³/mol. The molecule has 0 aliphatic rings. The summed E-state index contributed by atoms with van der Waals surface area (Å²) < 4.78 is 2.60. The number of hydrogen-bond acceptors (Lipinski definition) is 2. The van der Waals surface area contributed by atoms with Crippen molar-refractivity contribution in [2.24, 2.45) is 0 Å². The minimum Gasteiger partial charge on any atom is -0.310 e. The third-order valence-electron chi connectivity index (χ3n) is 11.3. The van der Waals surface area contributed by atoms with Gasteiger partial charge in [-0.1, -0.05) is 170 Å². The van der Waals surface area contributed by atoms with E-state index < -0.39 is 0 Å². The Kier molecular flexibility index (Phi) is 7.75. The second-order valence-corrected chi connectivity index (χ2v) is 15.6. The molecule has 0 saturated carbocycles. The summed E-state index contributed by atoms with van der Waals surface area (Å²) >= 11 is 1.86. The van der Waals surface area contributed by atoms with Crippen LogP contribution in [-0.4, -0.2) is 0 Å². The molecular weight excluding hydrogens is 695 g/mol. The number of thiophene rings is 1. The van der Waals surface area contributed by atoms with E-state index in [9.17, 15) is 0 Å². The van der Waals surface area contributed by atoms with E-state index in [1.54, 1.807) is 0 Å². The van der Waals surface area contributed by atoms with Gasteiger partial charge in [0.2, 0.25) is 0 Å². The van der Waals surface area contributed by atoms with E-state index in [4.69, 9.17) is 0 Å². The topological polar surface area (TPSA) is 3.24 Å². The van der Waals surface area contributed by atoms with Gasteiger partial charge in [-0.3, -0.25) is 0 Å². The second-order valence-electron chi connectivity index (χ2n) is 14.5. The lowest BCUT2D eigenvalue weighted by Crippen LogP contribution is -2.10. The zero-order chi connectivity index (χ0) is 37.0. The molecule has 56 heavy (non-hydrogen) atoms. The highest BCUT2D eigenvalue weighted by atomic mass is 32.1. The van der Waals surface area contributed by atoms with Gasteiger partial charge in [-0.05, 0) is 108 Å². The maximum absolute atomic E-state index is 2.40. The van der Waals surface area contributed by atoms with E-state index >= 15 is 0 Å². The molecule has 0 aliphatic heterocycles. The number of benzene rings is 10. The predicted octanol–water partition coefficient (Wildman–Crippen LogP) is 16.0. The molecule has 11 rings (SSSR count). The maximum Gasteiger partial charge on any atom is 0.0476 e. The molecule has 1 nitrogen and oxygen atoms in total. The molecule has 0 saturated heterocycles. The highest BCUT2D eigenvalue weighted by molar-refractivity contribution is 7.25. The van der Waals surface area contributed by atoms with Crippen LogP contribution < -0.4 is 4.90 Å². The Hall–Kier alpha value is -7.00. The number of fused-ring (bicyclic) bond motifs is 7. The van der Waals surface area contributed by atoms with Gasteiger partial charge in [-0.25, -0.2) is 0 Å². The first-order valence-corrected chi connectivity index (χ1v) is 20.0. The Labute approximate surface area is 330 Å². The number of nitrogens with zero attached hydrogens (tertiary/aromatic N) is 1. The number of hydrogen-bond donors (Lipinski definition) is 0. The summed E-state index contributed by atoms with van der Waals surface area (Å²) in [6.45, 7) is 0. The summed E-state index contributed by atoms with van der Waals surface area (Å²) in [5.41, 5.74) is 10.7. The van der Waals surface area contributed by atoms with Crippen LogP contribution in [0.25, 0.3) is 85.9 Å². The summed E-state index contributed by atoms with van der Waals surface area (Å²) in [5, 5.41) is 10.2. The van der Waals surface area contributed by atoms with E-state index in [-0.39, 0.29) is 0 Å². The molecular formula is C54H35NS. The first kappa shape index (κ1) is 32.4. The van der Waals surface area contributed by atoms with Crippen LogP contribution in [0.2, 0.25) is 0 Å². The molecule has 11 aromatic rings. The molecule has 0 atom stereocenters. The van der Waals surface area contributed by atoms with Gasteiger partial charge in [0.25, 0.3) is 0 Å². The van der Waals surface area contributed by atoms with E-state index in [0.717, 1.165) is 17.1 Å². The summed E-state index contributed by atoms with van der Waals surface area (Å²) in [7, 11) is 0. The lowest BCUT2D eigenvalue weighted by atomic mass is 9.94. The van der Waals surface area contributed by atoms with Crippen LogP contribution in [0.5, 0.6) is 0 Å². The molecule has 1 heterocycles. The fraction of sp³-hybridized carbons (Fsp3) is 0. The Morgan fingerprint density at radius 1 is 0.268 bits per heavy atom. The Morgan fingerprint density at radius 2 is 0.804 bits per heavy atom.